The molecular formula is C17H29ClN2O3. The van der Waals surface area contributed by atoms with E-state index in [9.17, 15) is 4.79 Å². The van der Waals surface area contributed by atoms with Gasteiger partial charge in [-0.1, -0.05) is 26.0 Å². The van der Waals surface area contributed by atoms with Crippen molar-refractivity contribution in [2.24, 2.45) is 11.1 Å². The van der Waals surface area contributed by atoms with Crippen LogP contribution in [0, 0.1) is 5.41 Å². The topological polar surface area (TPSA) is 73.6 Å². The monoisotopic (exact) mass is 344 g/mol. The van der Waals surface area contributed by atoms with Crippen LogP contribution >= 0.6 is 12.4 Å². The smallest absolute Gasteiger partial charge is 0.227 e. The number of carbonyl (C=O) groups is 1. The summed E-state index contributed by atoms with van der Waals surface area (Å²) in [6.45, 7) is 5.90. The Labute approximate surface area is 145 Å². The Kier molecular flexibility index (Phi) is 10.6. The van der Waals surface area contributed by atoms with Gasteiger partial charge in [0, 0.05) is 20.2 Å². The van der Waals surface area contributed by atoms with Crippen molar-refractivity contribution in [1.29, 1.82) is 0 Å². The standard InChI is InChI=1S/C17H28N2O3.ClH/c1-4-17(5-2,13-18)16(20)19-12-14-7-6-8-15(11-14)22-10-9-21-3;/h6-8,11H,4-5,9-10,12-13,18H2,1-3H3,(H,19,20);1H. The zero-order valence-corrected chi connectivity index (χ0v) is 15.1. The zero-order chi connectivity index (χ0) is 16.4. The molecule has 0 atom stereocenters. The lowest BCUT2D eigenvalue weighted by atomic mass is 9.81. The SMILES string of the molecule is CCC(CC)(CN)C(=O)NCc1cccc(OCCOC)c1.Cl. The van der Waals surface area contributed by atoms with E-state index in [2.05, 4.69) is 5.32 Å². The van der Waals surface area contributed by atoms with E-state index in [0.29, 0.717) is 26.3 Å². The van der Waals surface area contributed by atoms with Crippen molar-refractivity contribution in [3.8, 4) is 5.75 Å². The molecule has 0 heterocycles. The number of ether oxygens (including phenoxy) is 2. The van der Waals surface area contributed by atoms with E-state index in [1.807, 2.05) is 38.1 Å². The second kappa shape index (κ2) is 11.3. The van der Waals surface area contributed by atoms with Gasteiger partial charge in [-0.15, -0.1) is 12.4 Å². The number of carbonyl (C=O) groups excluding carboxylic acids is 1. The van der Waals surface area contributed by atoms with Gasteiger partial charge in [-0.05, 0) is 30.5 Å². The van der Waals surface area contributed by atoms with E-state index in [4.69, 9.17) is 15.2 Å². The number of nitrogens with one attached hydrogen (secondary N) is 1. The lowest BCUT2D eigenvalue weighted by Gasteiger charge is -2.28. The van der Waals surface area contributed by atoms with Crippen molar-refractivity contribution in [1.82, 2.24) is 5.32 Å². The van der Waals surface area contributed by atoms with Gasteiger partial charge in [0.1, 0.15) is 12.4 Å². The summed E-state index contributed by atoms with van der Waals surface area (Å²) in [6.07, 6.45) is 1.48. The molecule has 0 aromatic heterocycles. The van der Waals surface area contributed by atoms with E-state index in [1.54, 1.807) is 7.11 Å². The molecular weight excluding hydrogens is 316 g/mol. The van der Waals surface area contributed by atoms with Gasteiger partial charge < -0.3 is 20.5 Å². The van der Waals surface area contributed by atoms with Gasteiger partial charge in [-0.3, -0.25) is 4.79 Å². The first kappa shape index (κ1) is 21.7. The molecule has 1 rings (SSSR count). The van der Waals surface area contributed by atoms with Crippen LogP contribution in [0.15, 0.2) is 24.3 Å². The quantitative estimate of drug-likeness (QED) is 0.640. The van der Waals surface area contributed by atoms with Crippen LogP contribution in [-0.2, 0) is 16.1 Å². The fourth-order valence-electron chi connectivity index (χ4n) is 2.31. The summed E-state index contributed by atoms with van der Waals surface area (Å²) in [5.74, 6) is 0.797. The highest BCUT2D eigenvalue weighted by molar-refractivity contribution is 5.85. The summed E-state index contributed by atoms with van der Waals surface area (Å²) >= 11 is 0. The molecule has 0 aliphatic heterocycles. The van der Waals surface area contributed by atoms with Crippen LogP contribution in [0.5, 0.6) is 5.75 Å². The number of rotatable bonds is 10. The number of methoxy groups -OCH3 is 1. The summed E-state index contributed by atoms with van der Waals surface area (Å²) in [4.78, 5) is 12.4. The normalized spacial score (nSPS) is 10.8. The van der Waals surface area contributed by atoms with Crippen molar-refractivity contribution in [2.75, 3.05) is 26.9 Å². The van der Waals surface area contributed by atoms with Crippen LogP contribution in [0.1, 0.15) is 32.3 Å². The number of nitrogens with two attached hydrogens (primary N) is 1. The number of hydrogen-bond acceptors (Lipinski definition) is 4. The Bertz CT molecular complexity index is 457. The molecule has 0 aliphatic rings. The third kappa shape index (κ3) is 6.37. The van der Waals surface area contributed by atoms with Gasteiger partial charge in [0.15, 0.2) is 0 Å². The van der Waals surface area contributed by atoms with Crippen molar-refractivity contribution >= 4 is 18.3 Å². The Morgan fingerprint density at radius 2 is 1.96 bits per heavy atom. The minimum absolute atomic E-state index is 0. The van der Waals surface area contributed by atoms with Crippen molar-refractivity contribution in [3.63, 3.8) is 0 Å². The second-order valence-electron chi connectivity index (χ2n) is 5.36. The molecule has 3 N–H and O–H groups in total. The van der Waals surface area contributed by atoms with Crippen LogP contribution in [-0.4, -0.2) is 32.8 Å². The Morgan fingerprint density at radius 3 is 2.52 bits per heavy atom. The average molecular weight is 345 g/mol. The molecule has 0 saturated heterocycles. The highest BCUT2D eigenvalue weighted by atomic mass is 35.5. The number of amides is 1. The predicted molar refractivity (Wildman–Crippen MR) is 95.0 cm³/mol. The molecule has 0 aliphatic carbocycles. The first-order chi connectivity index (χ1) is 10.6. The molecule has 5 nitrogen and oxygen atoms in total. The Hall–Kier alpha value is -1.30. The van der Waals surface area contributed by atoms with E-state index >= 15 is 0 Å². The Balaban J connectivity index is 0.00000484. The van der Waals surface area contributed by atoms with Gasteiger partial charge in [-0.2, -0.15) is 0 Å². The maximum Gasteiger partial charge on any atom is 0.227 e. The molecule has 0 radical (unpaired) electrons. The van der Waals surface area contributed by atoms with Gasteiger partial charge in [0.2, 0.25) is 5.91 Å². The maximum atomic E-state index is 12.4. The van der Waals surface area contributed by atoms with Crippen LogP contribution in [0.3, 0.4) is 0 Å². The first-order valence-corrected chi connectivity index (χ1v) is 7.81. The molecule has 1 aromatic rings. The second-order valence-corrected chi connectivity index (χ2v) is 5.36. The van der Waals surface area contributed by atoms with E-state index < -0.39 is 5.41 Å². The van der Waals surface area contributed by atoms with Gasteiger partial charge in [-0.25, -0.2) is 0 Å². The fraction of sp³-hybridized carbons (Fsp3) is 0.588. The van der Waals surface area contributed by atoms with Crippen LogP contribution in [0.25, 0.3) is 0 Å². The first-order valence-electron chi connectivity index (χ1n) is 7.81. The molecule has 6 heteroatoms. The summed E-state index contributed by atoms with van der Waals surface area (Å²) in [5.41, 5.74) is 6.33. The number of hydrogen-bond donors (Lipinski definition) is 2. The van der Waals surface area contributed by atoms with Crippen LogP contribution < -0.4 is 15.8 Å². The van der Waals surface area contributed by atoms with Crippen LogP contribution in [0.4, 0.5) is 0 Å². The molecule has 1 amide bonds. The van der Waals surface area contributed by atoms with Crippen molar-refractivity contribution < 1.29 is 14.3 Å². The summed E-state index contributed by atoms with van der Waals surface area (Å²) in [6, 6.07) is 7.70. The molecule has 0 fully saturated rings. The third-order valence-corrected chi connectivity index (χ3v) is 4.13. The molecule has 0 saturated carbocycles. The fourth-order valence-corrected chi connectivity index (χ4v) is 2.31. The number of benzene rings is 1. The summed E-state index contributed by atoms with van der Waals surface area (Å²) in [7, 11) is 1.64. The van der Waals surface area contributed by atoms with Crippen molar-refractivity contribution in [2.45, 2.75) is 33.2 Å². The van der Waals surface area contributed by atoms with E-state index in [-0.39, 0.29) is 18.3 Å². The van der Waals surface area contributed by atoms with E-state index in [1.165, 1.54) is 0 Å². The Morgan fingerprint density at radius 1 is 1.26 bits per heavy atom. The summed E-state index contributed by atoms with van der Waals surface area (Å²) in [5, 5.41) is 2.99. The average Bonchev–Trinajstić information content (AvgIpc) is 2.56. The van der Waals surface area contributed by atoms with E-state index in [0.717, 1.165) is 24.2 Å². The minimum atomic E-state index is -0.466. The molecule has 1 aromatic carbocycles. The highest BCUT2D eigenvalue weighted by Gasteiger charge is 2.32. The lowest BCUT2D eigenvalue weighted by Crippen LogP contribution is -2.45. The number of halogens is 1. The molecule has 132 valence electrons. The third-order valence-electron chi connectivity index (χ3n) is 4.13. The highest BCUT2D eigenvalue weighted by Crippen LogP contribution is 2.25. The van der Waals surface area contributed by atoms with Gasteiger partial charge in [0.05, 0.1) is 12.0 Å². The molecule has 0 bridgehead atoms. The maximum absolute atomic E-state index is 12.4. The summed E-state index contributed by atoms with van der Waals surface area (Å²) < 4.78 is 10.5. The molecule has 0 spiro atoms. The van der Waals surface area contributed by atoms with Crippen LogP contribution in [0.2, 0.25) is 0 Å². The van der Waals surface area contributed by atoms with Gasteiger partial charge >= 0.3 is 0 Å². The molecule has 23 heavy (non-hydrogen) atoms. The predicted octanol–water partition coefficient (Wildman–Crippen LogP) is 2.51. The van der Waals surface area contributed by atoms with Crippen molar-refractivity contribution in [3.05, 3.63) is 29.8 Å². The minimum Gasteiger partial charge on any atom is -0.491 e. The lowest BCUT2D eigenvalue weighted by molar-refractivity contribution is -0.131. The zero-order valence-electron chi connectivity index (χ0n) is 14.3. The molecule has 0 unspecified atom stereocenters. The van der Waals surface area contributed by atoms with Gasteiger partial charge in [0.25, 0.3) is 0 Å². The largest absolute Gasteiger partial charge is 0.491 e.